The average Bonchev–Trinajstić information content (AvgIpc) is 2.80. The van der Waals surface area contributed by atoms with Crippen molar-refractivity contribution in [3.63, 3.8) is 0 Å². The van der Waals surface area contributed by atoms with E-state index in [9.17, 15) is 34.4 Å². The van der Waals surface area contributed by atoms with E-state index in [1.54, 1.807) is 18.2 Å². The first-order valence-corrected chi connectivity index (χ1v) is 16.9. The quantitative estimate of drug-likeness (QED) is 0.202. The van der Waals surface area contributed by atoms with Crippen molar-refractivity contribution < 1.29 is 38.9 Å². The van der Waals surface area contributed by atoms with Gasteiger partial charge in [-0.1, -0.05) is 0 Å². The largest absolute Gasteiger partial charge is 0.299 e. The van der Waals surface area contributed by atoms with Gasteiger partial charge in [-0.15, -0.1) is 0 Å². The third-order valence-corrected chi connectivity index (χ3v) is 7.79. The molecule has 0 amide bonds. The molecule has 0 aromatic carbocycles. The molecule has 224 valence electrons. The van der Waals surface area contributed by atoms with E-state index in [0.717, 1.165) is 0 Å². The van der Waals surface area contributed by atoms with Gasteiger partial charge in [0.25, 0.3) is 30.4 Å². The maximum atomic E-state index is 11.3. The van der Waals surface area contributed by atoms with Crippen molar-refractivity contribution in [3.8, 4) is 0 Å². The Bertz CT molecular complexity index is 1590. The van der Waals surface area contributed by atoms with Crippen molar-refractivity contribution in [1.29, 1.82) is 0 Å². The van der Waals surface area contributed by atoms with Crippen molar-refractivity contribution in [2.45, 2.75) is 36.9 Å². The van der Waals surface area contributed by atoms with Gasteiger partial charge in [0, 0.05) is 51.3 Å². The zero-order valence-corrected chi connectivity index (χ0v) is 24.6. The van der Waals surface area contributed by atoms with Gasteiger partial charge in [0.15, 0.2) is 0 Å². The summed E-state index contributed by atoms with van der Waals surface area (Å²) in [5.74, 6) is -1.64. The van der Waals surface area contributed by atoms with E-state index in [2.05, 4.69) is 15.0 Å². The number of likely N-dealkylation sites (N-methyl/N-ethyl adjacent to an activating group) is 1. The Hall–Kier alpha value is -2.90. The third-order valence-electron chi connectivity index (χ3n) is 5.69. The average molecular weight is 630 g/mol. The van der Waals surface area contributed by atoms with E-state index < -0.39 is 47.6 Å². The lowest BCUT2D eigenvalue weighted by Gasteiger charge is -2.25. The highest BCUT2D eigenvalue weighted by atomic mass is 32.2. The van der Waals surface area contributed by atoms with E-state index in [4.69, 9.17) is 4.55 Å². The van der Waals surface area contributed by atoms with Crippen LogP contribution in [-0.4, -0.2) is 83.8 Å². The molecule has 0 aliphatic carbocycles. The number of aromatic nitrogens is 3. The molecule has 0 radical (unpaired) electrons. The summed E-state index contributed by atoms with van der Waals surface area (Å²) < 4.78 is 95.3. The molecule has 0 spiro atoms. The Morgan fingerprint density at radius 2 is 0.927 bits per heavy atom. The minimum absolute atomic E-state index is 0.263. The number of hydrogen-bond donors (Lipinski definition) is 3. The smallest absolute Gasteiger partial charge is 0.269 e. The fourth-order valence-corrected chi connectivity index (χ4v) is 5.89. The predicted molar refractivity (Wildman–Crippen MR) is 149 cm³/mol. The second-order valence-corrected chi connectivity index (χ2v) is 14.0. The van der Waals surface area contributed by atoms with Crippen LogP contribution in [0.25, 0.3) is 0 Å². The molecule has 3 heterocycles. The van der Waals surface area contributed by atoms with E-state index in [1.165, 1.54) is 36.8 Å². The minimum Gasteiger partial charge on any atom is -0.299 e. The van der Waals surface area contributed by atoms with Crippen molar-refractivity contribution >= 4 is 30.4 Å². The van der Waals surface area contributed by atoms with Gasteiger partial charge in [-0.25, -0.2) is 0 Å². The number of pyridine rings is 3. The first-order chi connectivity index (χ1) is 19.0. The molecule has 0 saturated carbocycles. The first-order valence-electron chi connectivity index (χ1n) is 12.1. The SMILES string of the molecule is CN(CCN(Cc1cc(CS(=O)(=O)O)ccn1)Cc1cc(CS(=O)(=O)O)ccn1)Cc1cc(CS(=O)(=O)O)ccn1. The second-order valence-electron chi connectivity index (χ2n) is 9.59. The summed E-state index contributed by atoms with van der Waals surface area (Å²) in [4.78, 5) is 16.8. The molecule has 14 nitrogen and oxygen atoms in total. The lowest BCUT2D eigenvalue weighted by Crippen LogP contribution is -2.33. The standard InChI is InChI=1S/C24H31N5O9S3/c1-28(13-22-10-19(2-5-25-22)16-39(30,31)32)8-9-29(14-23-11-20(3-6-26-23)17-40(33,34)35)15-24-12-21(4-7-27-24)18-41(36,37)38/h2-7,10-12H,8-9,13-18H2,1H3,(H,30,31,32)(H,33,34,35)(H,36,37,38). The molecule has 0 fully saturated rings. The van der Waals surface area contributed by atoms with Crippen LogP contribution < -0.4 is 0 Å². The van der Waals surface area contributed by atoms with Crippen molar-refractivity contribution in [1.82, 2.24) is 24.8 Å². The molecule has 0 aliphatic heterocycles. The van der Waals surface area contributed by atoms with Crippen LogP contribution in [0.5, 0.6) is 0 Å². The van der Waals surface area contributed by atoms with E-state index in [-0.39, 0.29) is 13.1 Å². The molecule has 0 unspecified atom stereocenters. The summed E-state index contributed by atoms with van der Waals surface area (Å²) in [5.41, 5.74) is 2.78. The van der Waals surface area contributed by atoms with Crippen molar-refractivity contribution in [3.05, 3.63) is 88.8 Å². The van der Waals surface area contributed by atoms with Gasteiger partial charge < -0.3 is 0 Å². The summed E-state index contributed by atoms with van der Waals surface area (Å²) in [6.45, 7) is 1.85. The van der Waals surface area contributed by atoms with E-state index in [0.29, 0.717) is 53.4 Å². The summed E-state index contributed by atoms with van der Waals surface area (Å²) in [5, 5.41) is 0. The van der Waals surface area contributed by atoms with Crippen LogP contribution in [0.15, 0.2) is 55.0 Å². The van der Waals surface area contributed by atoms with Crippen LogP contribution in [0, 0.1) is 0 Å². The van der Waals surface area contributed by atoms with Crippen LogP contribution in [0.4, 0.5) is 0 Å². The molecule has 3 aromatic rings. The monoisotopic (exact) mass is 629 g/mol. The van der Waals surface area contributed by atoms with Crippen LogP contribution in [-0.2, 0) is 67.2 Å². The van der Waals surface area contributed by atoms with Crippen molar-refractivity contribution in [2.75, 3.05) is 20.1 Å². The lowest BCUT2D eigenvalue weighted by atomic mass is 10.2. The maximum Gasteiger partial charge on any atom is 0.269 e. The van der Waals surface area contributed by atoms with E-state index in [1.807, 2.05) is 16.8 Å². The Labute approximate surface area is 239 Å². The molecule has 0 bridgehead atoms. The summed E-state index contributed by atoms with van der Waals surface area (Å²) in [6.07, 6.45) is 4.35. The normalized spacial score (nSPS) is 12.7. The zero-order chi connectivity index (χ0) is 30.3. The number of hydrogen-bond acceptors (Lipinski definition) is 11. The topological polar surface area (TPSA) is 208 Å². The first kappa shape index (κ1) is 32.6. The van der Waals surface area contributed by atoms with Crippen LogP contribution in [0.3, 0.4) is 0 Å². The predicted octanol–water partition coefficient (Wildman–Crippen LogP) is 1.17. The van der Waals surface area contributed by atoms with Gasteiger partial charge in [-0.3, -0.25) is 38.4 Å². The third kappa shape index (κ3) is 13.1. The highest BCUT2D eigenvalue weighted by Gasteiger charge is 2.15. The second kappa shape index (κ2) is 13.8. The molecule has 3 rings (SSSR count). The molecular formula is C24H31N5O9S3. The summed E-state index contributed by atoms with van der Waals surface area (Å²) >= 11 is 0. The Morgan fingerprint density at radius 3 is 1.27 bits per heavy atom. The maximum absolute atomic E-state index is 11.3. The summed E-state index contributed by atoms with van der Waals surface area (Å²) in [7, 11) is -10.8. The molecule has 3 N–H and O–H groups in total. The van der Waals surface area contributed by atoms with Gasteiger partial charge in [0.05, 0.1) is 17.1 Å². The van der Waals surface area contributed by atoms with Gasteiger partial charge in [-0.2, -0.15) is 25.3 Å². The summed E-state index contributed by atoms with van der Waals surface area (Å²) in [6, 6.07) is 9.20. The molecule has 41 heavy (non-hydrogen) atoms. The number of rotatable bonds is 15. The number of nitrogens with zero attached hydrogens (tertiary/aromatic N) is 5. The fraction of sp³-hybridized carbons (Fsp3) is 0.375. The van der Waals surface area contributed by atoms with Gasteiger partial charge in [-0.05, 0) is 60.1 Å². The highest BCUT2D eigenvalue weighted by Crippen LogP contribution is 2.14. The zero-order valence-electron chi connectivity index (χ0n) is 22.1. The van der Waals surface area contributed by atoms with Crippen molar-refractivity contribution in [2.24, 2.45) is 0 Å². The van der Waals surface area contributed by atoms with Crippen LogP contribution in [0.1, 0.15) is 33.8 Å². The Morgan fingerprint density at radius 1 is 0.585 bits per heavy atom. The molecule has 0 saturated heterocycles. The van der Waals surface area contributed by atoms with Gasteiger partial charge in [0.1, 0.15) is 17.3 Å². The molecule has 0 atom stereocenters. The van der Waals surface area contributed by atoms with Gasteiger partial charge >= 0.3 is 0 Å². The van der Waals surface area contributed by atoms with Crippen LogP contribution in [0.2, 0.25) is 0 Å². The highest BCUT2D eigenvalue weighted by molar-refractivity contribution is 7.85. The molecule has 17 heteroatoms. The lowest BCUT2D eigenvalue weighted by molar-refractivity contribution is 0.204. The van der Waals surface area contributed by atoms with E-state index >= 15 is 0 Å². The molecular weight excluding hydrogens is 598 g/mol. The van der Waals surface area contributed by atoms with Crippen LogP contribution >= 0.6 is 0 Å². The minimum atomic E-state index is -4.24. The Balaban J connectivity index is 1.76. The molecule has 0 aliphatic rings. The van der Waals surface area contributed by atoms with Gasteiger partial charge in [0.2, 0.25) is 0 Å². The fourth-order valence-electron chi connectivity index (χ4n) is 4.08. The molecule has 3 aromatic heterocycles. The Kier molecular flexibility index (Phi) is 11.0.